The number of nitrogens with one attached hydrogen (secondary N) is 3. The first-order valence-corrected chi connectivity index (χ1v) is 20.8. The largest absolute Gasteiger partial charge is 0.483 e. The van der Waals surface area contributed by atoms with E-state index in [4.69, 9.17) is 9.72 Å². The van der Waals surface area contributed by atoms with Crippen molar-refractivity contribution in [3.63, 3.8) is 0 Å². The number of rotatable bonds is 4. The first kappa shape index (κ1) is 35.8. The van der Waals surface area contributed by atoms with Crippen LogP contribution in [-0.2, 0) is 30.8 Å². The molecule has 13 nitrogen and oxygen atoms in total. The second kappa shape index (κ2) is 13.3. The minimum absolute atomic E-state index is 0.112. The molecule has 2 aliphatic carbocycles. The normalized spacial score (nSPS) is 31.6. The number of hydrogen-bond acceptors (Lipinski definition) is 8. The number of aryl methyl sites for hydroxylation is 2. The monoisotopic (exact) mass is 746 g/mol. The molecule has 14 heteroatoms. The summed E-state index contributed by atoms with van der Waals surface area (Å²) in [6.07, 6.45) is 11.8. The van der Waals surface area contributed by atoms with Gasteiger partial charge < -0.3 is 25.2 Å². The number of carbonyl (C=O) groups is 4. The average Bonchev–Trinajstić information content (AvgIpc) is 3.90. The molecule has 0 bridgehead atoms. The molecule has 284 valence electrons. The number of pyridine rings is 1. The zero-order chi connectivity index (χ0) is 37.2. The maximum Gasteiger partial charge on any atom is 0.318 e. The van der Waals surface area contributed by atoms with Crippen LogP contribution in [0.5, 0.6) is 5.75 Å². The van der Waals surface area contributed by atoms with E-state index < -0.39 is 55.7 Å². The van der Waals surface area contributed by atoms with Gasteiger partial charge in [-0.05, 0) is 84.1 Å². The van der Waals surface area contributed by atoms with E-state index in [1.807, 2.05) is 43.3 Å². The van der Waals surface area contributed by atoms with Crippen LogP contribution in [0.2, 0.25) is 0 Å². The van der Waals surface area contributed by atoms with E-state index in [1.165, 1.54) is 0 Å². The fourth-order valence-electron chi connectivity index (χ4n) is 8.80. The second-order valence-electron chi connectivity index (χ2n) is 16.4. The standard InChI is InChI=1S/C39H50N6O7S/c1-25-32-28(27-13-8-9-14-29(27)40-25)16-17-38(52-32)23-31-33(46)42-39(35(48)43-53(50,51)37(2)18-19-37)22-26(39)12-6-4-3-5-7-15-30(34(47)45(31)24-38)41-36(49)44-20-10-11-21-44/h6,8-9,12-14,26,30-31H,3-5,7,10-11,15-24H2,1-2H3,(H,41,49)(H,42,46)(H,43,48)/b12-6-/t26-,30+,31+,38-,39-/m1/s1. The molecule has 8 rings (SSSR count). The first-order valence-electron chi connectivity index (χ1n) is 19.3. The Labute approximate surface area is 310 Å². The molecule has 53 heavy (non-hydrogen) atoms. The Morgan fingerprint density at radius 3 is 2.57 bits per heavy atom. The average molecular weight is 747 g/mol. The molecule has 6 aliphatic rings. The van der Waals surface area contributed by atoms with Gasteiger partial charge in [0.25, 0.3) is 5.91 Å². The molecule has 5 atom stereocenters. The van der Waals surface area contributed by atoms with Crippen LogP contribution in [0.25, 0.3) is 10.9 Å². The summed E-state index contributed by atoms with van der Waals surface area (Å²) < 4.78 is 34.6. The highest BCUT2D eigenvalue weighted by atomic mass is 32.2. The summed E-state index contributed by atoms with van der Waals surface area (Å²) in [6.45, 7) is 4.89. The topological polar surface area (TPSA) is 167 Å². The molecule has 1 aromatic heterocycles. The van der Waals surface area contributed by atoms with Crippen molar-refractivity contribution in [2.24, 2.45) is 5.92 Å². The lowest BCUT2D eigenvalue weighted by Gasteiger charge is -2.36. The maximum atomic E-state index is 14.8. The minimum atomic E-state index is -3.96. The summed E-state index contributed by atoms with van der Waals surface area (Å²) in [7, 11) is -3.96. The van der Waals surface area contributed by atoms with Crippen LogP contribution in [0.4, 0.5) is 4.79 Å². The molecule has 4 aliphatic heterocycles. The van der Waals surface area contributed by atoms with Crippen LogP contribution in [0, 0.1) is 12.8 Å². The lowest BCUT2D eigenvalue weighted by atomic mass is 9.87. The number of aromatic nitrogens is 1. The number of ether oxygens (including phenoxy) is 1. The van der Waals surface area contributed by atoms with Crippen molar-refractivity contribution in [2.75, 3.05) is 19.6 Å². The highest BCUT2D eigenvalue weighted by Gasteiger charge is 2.64. The molecule has 1 spiro atoms. The van der Waals surface area contributed by atoms with Crippen molar-refractivity contribution in [3.8, 4) is 5.75 Å². The predicted octanol–water partition coefficient (Wildman–Crippen LogP) is 3.78. The van der Waals surface area contributed by atoms with Crippen molar-refractivity contribution in [3.05, 3.63) is 47.7 Å². The summed E-state index contributed by atoms with van der Waals surface area (Å²) in [5, 5.41) is 7.00. The van der Waals surface area contributed by atoms with Crippen LogP contribution in [-0.4, -0.2) is 94.6 Å². The summed E-state index contributed by atoms with van der Waals surface area (Å²) in [5.74, 6) is -1.40. The number of amides is 5. The predicted molar refractivity (Wildman–Crippen MR) is 197 cm³/mol. The van der Waals surface area contributed by atoms with E-state index in [9.17, 15) is 27.6 Å². The summed E-state index contributed by atoms with van der Waals surface area (Å²) in [5.41, 5.74) is 0.254. The number of allylic oxidation sites excluding steroid dienone is 1. The molecule has 5 amide bonds. The van der Waals surface area contributed by atoms with Gasteiger partial charge in [0, 0.05) is 36.4 Å². The number of benzene rings is 1. The zero-order valence-electron chi connectivity index (χ0n) is 30.6. The van der Waals surface area contributed by atoms with E-state index >= 15 is 0 Å². The molecule has 0 radical (unpaired) electrons. The smallest absolute Gasteiger partial charge is 0.318 e. The van der Waals surface area contributed by atoms with Crippen molar-refractivity contribution in [1.29, 1.82) is 0 Å². The molecule has 5 heterocycles. The Hall–Kier alpha value is -4.20. The van der Waals surface area contributed by atoms with Crippen molar-refractivity contribution in [1.82, 2.24) is 30.1 Å². The van der Waals surface area contributed by atoms with Gasteiger partial charge in [0.15, 0.2) is 0 Å². The Balaban J connectivity index is 1.13. The van der Waals surface area contributed by atoms with Crippen LogP contribution in [0.15, 0.2) is 36.4 Å². The fraction of sp³-hybridized carbons (Fsp3) is 0.615. The molecule has 1 aromatic carbocycles. The van der Waals surface area contributed by atoms with Gasteiger partial charge in [-0.3, -0.25) is 19.1 Å². The molecule has 4 fully saturated rings. The molecule has 2 aromatic rings. The van der Waals surface area contributed by atoms with Gasteiger partial charge in [-0.1, -0.05) is 43.2 Å². The number of fused-ring (bicyclic) bond motifs is 5. The van der Waals surface area contributed by atoms with Crippen molar-refractivity contribution in [2.45, 2.75) is 125 Å². The van der Waals surface area contributed by atoms with E-state index in [0.717, 1.165) is 54.3 Å². The number of hydrogen-bond donors (Lipinski definition) is 3. The van der Waals surface area contributed by atoms with Crippen LogP contribution < -0.4 is 20.1 Å². The van der Waals surface area contributed by atoms with E-state index in [1.54, 1.807) is 16.7 Å². The fourth-order valence-corrected chi connectivity index (χ4v) is 10.1. The number of nitrogens with zero attached hydrogens (tertiary/aromatic N) is 3. The number of carbonyl (C=O) groups excluding carboxylic acids is 4. The lowest BCUT2D eigenvalue weighted by Crippen LogP contribution is -2.59. The minimum Gasteiger partial charge on any atom is -0.483 e. The molecule has 2 saturated carbocycles. The number of sulfonamides is 1. The van der Waals surface area contributed by atoms with Crippen LogP contribution in [0.3, 0.4) is 0 Å². The third kappa shape index (κ3) is 6.54. The van der Waals surface area contributed by atoms with E-state index in [2.05, 4.69) is 15.4 Å². The SMILES string of the molecule is Cc1nc2ccccc2c2c1O[C@]1(CC2)C[C@H]2C(=O)N[C@]3(C(=O)NS(=O)(=O)C4(C)CC4)C[C@H]3/C=C\CCCCC[C@H](NC(=O)N3CCCC3)C(=O)N2C1. The van der Waals surface area contributed by atoms with Gasteiger partial charge in [-0.15, -0.1) is 0 Å². The zero-order valence-corrected chi connectivity index (χ0v) is 31.4. The number of para-hydroxylation sites is 1. The molecule has 2 saturated heterocycles. The van der Waals surface area contributed by atoms with Crippen molar-refractivity contribution >= 4 is 44.7 Å². The van der Waals surface area contributed by atoms with Gasteiger partial charge in [0.05, 0.1) is 22.5 Å². The Bertz CT molecular complexity index is 1990. The van der Waals surface area contributed by atoms with Crippen LogP contribution in [0.1, 0.15) is 95.2 Å². The lowest BCUT2D eigenvalue weighted by molar-refractivity contribution is -0.141. The molecular formula is C39H50N6O7S. The Kier molecular flexibility index (Phi) is 8.97. The highest BCUT2D eigenvalue weighted by Crippen LogP contribution is 2.49. The van der Waals surface area contributed by atoms with Crippen molar-refractivity contribution < 1.29 is 32.3 Å². The van der Waals surface area contributed by atoms with Gasteiger partial charge >= 0.3 is 6.03 Å². The quantitative estimate of drug-likeness (QED) is 0.398. The van der Waals surface area contributed by atoms with E-state index in [-0.39, 0.29) is 31.3 Å². The van der Waals surface area contributed by atoms with Crippen LogP contribution >= 0.6 is 0 Å². The highest BCUT2D eigenvalue weighted by molar-refractivity contribution is 7.91. The Morgan fingerprint density at radius 1 is 1.02 bits per heavy atom. The molecule has 3 N–H and O–H groups in total. The third-order valence-electron chi connectivity index (χ3n) is 12.6. The second-order valence-corrected chi connectivity index (χ2v) is 18.6. The van der Waals surface area contributed by atoms with Gasteiger partial charge in [0.1, 0.15) is 29.0 Å². The van der Waals surface area contributed by atoms with E-state index in [0.29, 0.717) is 57.4 Å². The summed E-state index contributed by atoms with van der Waals surface area (Å²) in [4.78, 5) is 64.8. The number of likely N-dealkylation sites (tertiary alicyclic amines) is 1. The Morgan fingerprint density at radius 2 is 1.79 bits per heavy atom. The summed E-state index contributed by atoms with van der Waals surface area (Å²) >= 11 is 0. The third-order valence-corrected chi connectivity index (χ3v) is 14.7. The molecular weight excluding hydrogens is 697 g/mol. The summed E-state index contributed by atoms with van der Waals surface area (Å²) in [6, 6.07) is 5.76. The van der Waals surface area contributed by atoms with Gasteiger partial charge in [-0.2, -0.15) is 0 Å². The molecule has 0 unspecified atom stereocenters. The van der Waals surface area contributed by atoms with Gasteiger partial charge in [0.2, 0.25) is 21.8 Å². The van der Waals surface area contributed by atoms with Gasteiger partial charge in [-0.25, -0.2) is 18.2 Å². The maximum absolute atomic E-state index is 14.8. The number of urea groups is 1. The first-order chi connectivity index (χ1) is 25.3.